The van der Waals surface area contributed by atoms with Gasteiger partial charge in [0.25, 0.3) is 17.2 Å². The molecule has 30 heavy (non-hydrogen) atoms. The number of amidine groups is 1. The lowest BCUT2D eigenvalue weighted by atomic mass is 9.99. The summed E-state index contributed by atoms with van der Waals surface area (Å²) < 4.78 is 42.0. The van der Waals surface area contributed by atoms with Crippen LogP contribution < -0.4 is 4.90 Å². The van der Waals surface area contributed by atoms with Crippen molar-refractivity contribution in [1.82, 2.24) is 0 Å². The van der Waals surface area contributed by atoms with E-state index in [-0.39, 0.29) is 17.9 Å². The molecule has 0 fully saturated rings. The molecule has 1 atom stereocenters. The van der Waals surface area contributed by atoms with E-state index in [1.54, 1.807) is 11.0 Å². The highest BCUT2D eigenvalue weighted by Gasteiger charge is 2.54. The number of hydrogen-bond donors (Lipinski definition) is 1. The standard InChI is InChI=1S/C21H21F3N3O3/c22-21(23,24)16-5-4-6-18(13-16)26-19-7-2-1-3-12-25(19)14-20(26,28)15-8-10-17(11-9-15)27(29)30/h4-6,8-11,13,28H,1-3,7,12,14H2/q+1/t20-/m1/s1. The van der Waals surface area contributed by atoms with Crippen LogP contribution in [0.15, 0.2) is 48.5 Å². The Morgan fingerprint density at radius 3 is 2.50 bits per heavy atom. The smallest absolute Gasteiger partial charge is 0.346 e. The fourth-order valence-corrected chi connectivity index (χ4v) is 4.28. The van der Waals surface area contributed by atoms with Crippen molar-refractivity contribution >= 4 is 17.2 Å². The van der Waals surface area contributed by atoms with Gasteiger partial charge in [0.15, 0.2) is 6.54 Å². The third kappa shape index (κ3) is 3.54. The van der Waals surface area contributed by atoms with Gasteiger partial charge in [0.05, 0.1) is 17.0 Å². The van der Waals surface area contributed by atoms with Crippen LogP contribution in [0, 0.1) is 10.1 Å². The Balaban J connectivity index is 1.83. The number of benzene rings is 2. The highest BCUT2D eigenvalue weighted by molar-refractivity contribution is 5.97. The highest BCUT2D eigenvalue weighted by Crippen LogP contribution is 2.40. The van der Waals surface area contributed by atoms with Crippen molar-refractivity contribution in [2.24, 2.45) is 0 Å². The van der Waals surface area contributed by atoms with E-state index in [0.29, 0.717) is 18.5 Å². The molecule has 1 N–H and O–H groups in total. The lowest BCUT2D eigenvalue weighted by Crippen LogP contribution is -2.47. The molecule has 6 nitrogen and oxygen atoms in total. The fourth-order valence-electron chi connectivity index (χ4n) is 4.28. The van der Waals surface area contributed by atoms with Crippen molar-refractivity contribution in [3.8, 4) is 0 Å². The fraction of sp³-hybridized carbons (Fsp3) is 0.381. The Hall–Kier alpha value is -2.94. The van der Waals surface area contributed by atoms with Crippen molar-refractivity contribution in [1.29, 1.82) is 0 Å². The van der Waals surface area contributed by atoms with E-state index in [0.717, 1.165) is 37.2 Å². The van der Waals surface area contributed by atoms with Crippen molar-refractivity contribution in [2.75, 3.05) is 18.0 Å². The molecular weight excluding hydrogens is 399 g/mol. The summed E-state index contributed by atoms with van der Waals surface area (Å²) in [5.74, 6) is 0.771. The van der Waals surface area contributed by atoms with Crippen molar-refractivity contribution < 1.29 is 27.8 Å². The van der Waals surface area contributed by atoms with E-state index in [9.17, 15) is 28.4 Å². The third-order valence-corrected chi connectivity index (χ3v) is 5.70. The molecule has 0 saturated heterocycles. The Kier molecular flexibility index (Phi) is 5.01. The Bertz CT molecular complexity index is 1000. The number of anilines is 1. The quantitative estimate of drug-likeness (QED) is 0.458. The monoisotopic (exact) mass is 420 g/mol. The Morgan fingerprint density at radius 2 is 1.83 bits per heavy atom. The van der Waals surface area contributed by atoms with Gasteiger partial charge >= 0.3 is 6.18 Å². The zero-order valence-corrected chi connectivity index (χ0v) is 16.1. The van der Waals surface area contributed by atoms with Crippen molar-refractivity contribution in [3.63, 3.8) is 0 Å². The average molecular weight is 420 g/mol. The third-order valence-electron chi connectivity index (χ3n) is 5.70. The molecule has 9 heteroatoms. The second kappa shape index (κ2) is 7.39. The first-order chi connectivity index (χ1) is 14.2. The highest BCUT2D eigenvalue weighted by atomic mass is 19.4. The van der Waals surface area contributed by atoms with Crippen molar-refractivity contribution in [2.45, 2.75) is 37.6 Å². The minimum absolute atomic E-state index is 0.117. The van der Waals surface area contributed by atoms with Gasteiger partial charge in [-0.3, -0.25) is 14.7 Å². The van der Waals surface area contributed by atoms with Gasteiger partial charge in [-0.05, 0) is 49.6 Å². The average Bonchev–Trinajstić information content (AvgIpc) is 2.83. The molecule has 2 aliphatic heterocycles. The van der Waals surface area contributed by atoms with Gasteiger partial charge in [-0.2, -0.15) is 18.1 Å². The molecule has 0 spiro atoms. The van der Waals surface area contributed by atoms with E-state index in [1.807, 2.05) is 4.58 Å². The predicted octanol–water partition coefficient (Wildman–Crippen LogP) is 4.26. The molecule has 2 aromatic carbocycles. The summed E-state index contributed by atoms with van der Waals surface area (Å²) in [4.78, 5) is 12.0. The first-order valence-electron chi connectivity index (χ1n) is 9.76. The molecule has 2 aliphatic rings. The van der Waals surface area contributed by atoms with Crippen LogP contribution in [0.25, 0.3) is 0 Å². The number of aliphatic hydroxyl groups is 1. The maximum Gasteiger partial charge on any atom is 0.416 e. The molecule has 0 saturated carbocycles. The van der Waals surface area contributed by atoms with E-state index < -0.39 is 22.4 Å². The van der Waals surface area contributed by atoms with Gasteiger partial charge in [-0.1, -0.05) is 6.07 Å². The molecule has 0 radical (unpaired) electrons. The van der Waals surface area contributed by atoms with E-state index in [2.05, 4.69) is 0 Å². The second-order valence-corrected chi connectivity index (χ2v) is 7.65. The van der Waals surface area contributed by atoms with E-state index in [1.165, 1.54) is 30.3 Å². The largest absolute Gasteiger partial charge is 0.416 e. The van der Waals surface area contributed by atoms with E-state index in [4.69, 9.17) is 0 Å². The molecule has 2 aromatic rings. The maximum atomic E-state index is 13.3. The van der Waals surface area contributed by atoms with Gasteiger partial charge in [-0.25, -0.2) is 0 Å². The minimum Gasteiger partial charge on any atom is -0.346 e. The molecule has 0 aliphatic carbocycles. The predicted molar refractivity (Wildman–Crippen MR) is 104 cm³/mol. The summed E-state index contributed by atoms with van der Waals surface area (Å²) in [5.41, 5.74) is -1.91. The number of hydrogen-bond acceptors (Lipinski definition) is 4. The first-order valence-corrected chi connectivity index (χ1v) is 9.76. The summed E-state index contributed by atoms with van der Waals surface area (Å²) in [7, 11) is 0. The van der Waals surface area contributed by atoms with Gasteiger partial charge in [0.1, 0.15) is 5.69 Å². The van der Waals surface area contributed by atoms with Gasteiger partial charge < -0.3 is 5.11 Å². The number of nitro groups is 1. The number of alkyl halides is 3. The summed E-state index contributed by atoms with van der Waals surface area (Å²) in [6.45, 7) is 0.872. The summed E-state index contributed by atoms with van der Waals surface area (Å²) in [6.07, 6.45) is -1.07. The Morgan fingerprint density at radius 1 is 1.10 bits per heavy atom. The molecule has 2 heterocycles. The Labute approximate surface area is 171 Å². The van der Waals surface area contributed by atoms with Crippen LogP contribution >= 0.6 is 0 Å². The second-order valence-electron chi connectivity index (χ2n) is 7.65. The van der Waals surface area contributed by atoms with Gasteiger partial charge in [-0.15, -0.1) is 0 Å². The molecule has 4 rings (SSSR count). The maximum absolute atomic E-state index is 13.3. The number of nitrogens with zero attached hydrogens (tertiary/aromatic N) is 3. The molecule has 0 bridgehead atoms. The zero-order chi connectivity index (χ0) is 21.5. The lowest BCUT2D eigenvalue weighted by Gasteiger charge is -2.29. The summed E-state index contributed by atoms with van der Waals surface area (Å²) in [5, 5.41) is 22.7. The molecule has 0 aromatic heterocycles. The molecule has 0 amide bonds. The van der Waals surface area contributed by atoms with Crippen LogP contribution in [0.1, 0.15) is 36.8 Å². The van der Waals surface area contributed by atoms with Crippen LogP contribution in [-0.4, -0.2) is 33.5 Å². The number of non-ortho nitro benzene ring substituents is 1. The van der Waals surface area contributed by atoms with Crippen molar-refractivity contribution in [3.05, 3.63) is 69.8 Å². The van der Waals surface area contributed by atoms with Crippen LogP contribution in [0.2, 0.25) is 0 Å². The number of rotatable bonds is 3. The topological polar surface area (TPSA) is 69.6 Å². The lowest BCUT2D eigenvalue weighted by molar-refractivity contribution is -0.534. The van der Waals surface area contributed by atoms with Crippen LogP contribution in [-0.2, 0) is 11.9 Å². The summed E-state index contributed by atoms with van der Waals surface area (Å²) in [6, 6.07) is 10.4. The molecule has 0 unspecified atom stereocenters. The van der Waals surface area contributed by atoms with E-state index >= 15 is 0 Å². The normalized spacial score (nSPS) is 22.1. The van der Waals surface area contributed by atoms with Crippen LogP contribution in [0.4, 0.5) is 24.5 Å². The molecule has 158 valence electrons. The van der Waals surface area contributed by atoms with Gasteiger partial charge in [0.2, 0.25) is 0 Å². The molecular formula is C21H21F3N3O3+. The number of halogens is 3. The van der Waals surface area contributed by atoms with Crippen LogP contribution in [0.5, 0.6) is 0 Å². The summed E-state index contributed by atoms with van der Waals surface area (Å²) >= 11 is 0. The SMILES string of the molecule is O=[N+]([O-])c1ccc([C@]2(O)C[N+]3=C(CCCCC3)N2c2cccc(C(F)(F)F)c2)cc1. The zero-order valence-electron chi connectivity index (χ0n) is 16.1. The van der Waals surface area contributed by atoms with Gasteiger partial charge in [0, 0.05) is 24.1 Å². The van der Waals surface area contributed by atoms with Crippen LogP contribution in [0.3, 0.4) is 0 Å². The first kappa shape index (κ1) is 20.3. The minimum atomic E-state index is -4.50. The number of nitro benzene ring substituents is 1.